The van der Waals surface area contributed by atoms with Crippen molar-refractivity contribution in [3.05, 3.63) is 0 Å². The van der Waals surface area contributed by atoms with E-state index in [1.807, 2.05) is 0 Å². The van der Waals surface area contributed by atoms with E-state index in [0.29, 0.717) is 6.54 Å². The summed E-state index contributed by atoms with van der Waals surface area (Å²) in [7, 11) is 0. The molecular formula is C13H24N2O2. The number of nitrogens with two attached hydrogens (primary N) is 1. The molecule has 2 saturated carbocycles. The highest BCUT2D eigenvalue weighted by Gasteiger charge is 2.44. The van der Waals surface area contributed by atoms with Gasteiger partial charge in [0.15, 0.2) is 0 Å². The van der Waals surface area contributed by atoms with Crippen LogP contribution >= 0.6 is 0 Å². The maximum absolute atomic E-state index is 12.4. The molecule has 0 heterocycles. The fourth-order valence-corrected chi connectivity index (χ4v) is 3.32. The summed E-state index contributed by atoms with van der Waals surface area (Å²) in [5, 5.41) is 12.6. The van der Waals surface area contributed by atoms with Crippen LogP contribution in [0.2, 0.25) is 0 Å². The Morgan fingerprint density at radius 3 is 2.12 bits per heavy atom. The minimum Gasteiger partial charge on any atom is -0.394 e. The number of carbonyl (C=O) groups excluding carboxylic acids is 1. The first-order valence-corrected chi connectivity index (χ1v) is 6.80. The van der Waals surface area contributed by atoms with Crippen LogP contribution in [-0.2, 0) is 4.79 Å². The molecule has 0 radical (unpaired) electrons. The van der Waals surface area contributed by atoms with Gasteiger partial charge in [-0.3, -0.25) is 4.79 Å². The number of aliphatic hydroxyl groups excluding tert-OH is 1. The third-order valence-electron chi connectivity index (χ3n) is 4.68. The van der Waals surface area contributed by atoms with Crippen molar-refractivity contribution >= 4 is 5.91 Å². The topological polar surface area (TPSA) is 75.4 Å². The van der Waals surface area contributed by atoms with Gasteiger partial charge < -0.3 is 16.2 Å². The lowest BCUT2D eigenvalue weighted by Crippen LogP contribution is -2.55. The predicted molar refractivity (Wildman–Crippen MR) is 66.4 cm³/mol. The van der Waals surface area contributed by atoms with Gasteiger partial charge in [0.05, 0.1) is 17.6 Å². The number of carbonyl (C=O) groups is 1. The van der Waals surface area contributed by atoms with Crippen LogP contribution in [0.3, 0.4) is 0 Å². The summed E-state index contributed by atoms with van der Waals surface area (Å²) in [5.41, 5.74) is 5.09. The number of aliphatic hydroxyl groups is 1. The number of amides is 1. The third kappa shape index (κ3) is 2.33. The van der Waals surface area contributed by atoms with E-state index in [0.717, 1.165) is 51.4 Å². The first-order chi connectivity index (χ1) is 8.16. The molecule has 2 rings (SSSR count). The zero-order chi connectivity index (χ0) is 12.4. The highest BCUT2D eigenvalue weighted by molar-refractivity contribution is 5.84. The minimum absolute atomic E-state index is 0.0550. The van der Waals surface area contributed by atoms with E-state index in [2.05, 4.69) is 5.32 Å². The molecule has 0 bridgehead atoms. The fourth-order valence-electron chi connectivity index (χ4n) is 3.32. The second kappa shape index (κ2) is 4.94. The van der Waals surface area contributed by atoms with E-state index in [4.69, 9.17) is 5.73 Å². The smallest absolute Gasteiger partial charge is 0.228 e. The van der Waals surface area contributed by atoms with E-state index in [-0.39, 0.29) is 23.5 Å². The van der Waals surface area contributed by atoms with Gasteiger partial charge in [0.2, 0.25) is 5.91 Å². The molecule has 0 unspecified atom stereocenters. The van der Waals surface area contributed by atoms with Crippen molar-refractivity contribution in [1.82, 2.24) is 5.32 Å². The molecule has 0 aromatic carbocycles. The second-order valence-electron chi connectivity index (χ2n) is 5.79. The number of hydrogen-bond donors (Lipinski definition) is 3. The maximum atomic E-state index is 12.4. The molecule has 2 aliphatic carbocycles. The molecule has 17 heavy (non-hydrogen) atoms. The summed E-state index contributed by atoms with van der Waals surface area (Å²) in [6, 6.07) is 0. The van der Waals surface area contributed by atoms with E-state index in [9.17, 15) is 9.90 Å². The van der Waals surface area contributed by atoms with Crippen LogP contribution < -0.4 is 11.1 Å². The molecule has 0 aromatic rings. The molecule has 2 fully saturated rings. The second-order valence-corrected chi connectivity index (χ2v) is 5.79. The lowest BCUT2D eigenvalue weighted by Gasteiger charge is -2.34. The maximum Gasteiger partial charge on any atom is 0.228 e. The van der Waals surface area contributed by atoms with Crippen molar-refractivity contribution in [2.75, 3.05) is 13.2 Å². The number of rotatable bonds is 4. The van der Waals surface area contributed by atoms with Gasteiger partial charge in [-0.2, -0.15) is 0 Å². The molecule has 0 spiro atoms. The Labute approximate surface area is 103 Å². The minimum atomic E-state index is -0.359. The monoisotopic (exact) mass is 240 g/mol. The molecule has 98 valence electrons. The molecule has 0 aromatic heterocycles. The summed E-state index contributed by atoms with van der Waals surface area (Å²) in [5.74, 6) is 0.0773. The van der Waals surface area contributed by atoms with E-state index >= 15 is 0 Å². The zero-order valence-corrected chi connectivity index (χ0v) is 10.5. The average molecular weight is 240 g/mol. The fraction of sp³-hybridized carbons (Fsp3) is 0.923. The van der Waals surface area contributed by atoms with Gasteiger partial charge >= 0.3 is 0 Å². The lowest BCUT2D eigenvalue weighted by atomic mass is 9.83. The van der Waals surface area contributed by atoms with Gasteiger partial charge in [0.1, 0.15) is 0 Å². The van der Waals surface area contributed by atoms with Gasteiger partial charge in [-0.15, -0.1) is 0 Å². The zero-order valence-electron chi connectivity index (χ0n) is 10.5. The van der Waals surface area contributed by atoms with Crippen LogP contribution in [0.5, 0.6) is 0 Å². The van der Waals surface area contributed by atoms with Crippen LogP contribution in [0, 0.1) is 5.41 Å². The first-order valence-electron chi connectivity index (χ1n) is 6.80. The van der Waals surface area contributed by atoms with E-state index in [1.54, 1.807) is 0 Å². The predicted octanol–water partition coefficient (Wildman–Crippen LogP) is 0.927. The van der Waals surface area contributed by atoms with Crippen molar-refractivity contribution in [2.45, 2.75) is 56.9 Å². The third-order valence-corrected chi connectivity index (χ3v) is 4.68. The Morgan fingerprint density at radius 1 is 1.12 bits per heavy atom. The Bertz CT molecular complexity index is 279. The average Bonchev–Trinajstić information content (AvgIpc) is 2.98. The molecular weight excluding hydrogens is 216 g/mol. The summed E-state index contributed by atoms with van der Waals surface area (Å²) in [4.78, 5) is 12.4. The standard InChI is InChI=1S/C13H24N2O2/c14-9-12(5-1-2-6-12)11(17)15-13(10-16)7-3-4-8-13/h16H,1-10,14H2,(H,15,17). The van der Waals surface area contributed by atoms with E-state index < -0.39 is 0 Å². The molecule has 1 amide bonds. The summed E-state index contributed by atoms with van der Waals surface area (Å²) >= 11 is 0. The Hall–Kier alpha value is -0.610. The van der Waals surface area contributed by atoms with Crippen molar-refractivity contribution in [1.29, 1.82) is 0 Å². The number of nitrogens with one attached hydrogen (secondary N) is 1. The van der Waals surface area contributed by atoms with Crippen LogP contribution in [0.25, 0.3) is 0 Å². The van der Waals surface area contributed by atoms with Gasteiger partial charge in [-0.05, 0) is 25.7 Å². The molecule has 2 aliphatic rings. The van der Waals surface area contributed by atoms with Crippen molar-refractivity contribution in [2.24, 2.45) is 11.1 Å². The van der Waals surface area contributed by atoms with Gasteiger partial charge in [-0.25, -0.2) is 0 Å². The lowest BCUT2D eigenvalue weighted by molar-refractivity contribution is -0.133. The van der Waals surface area contributed by atoms with Gasteiger partial charge in [0.25, 0.3) is 0 Å². The van der Waals surface area contributed by atoms with Crippen molar-refractivity contribution in [3.63, 3.8) is 0 Å². The van der Waals surface area contributed by atoms with Crippen molar-refractivity contribution < 1.29 is 9.90 Å². The van der Waals surface area contributed by atoms with Gasteiger partial charge in [0, 0.05) is 6.54 Å². The quantitative estimate of drug-likeness (QED) is 0.684. The van der Waals surface area contributed by atoms with E-state index in [1.165, 1.54) is 0 Å². The van der Waals surface area contributed by atoms with Crippen LogP contribution in [0.4, 0.5) is 0 Å². The molecule has 0 saturated heterocycles. The first kappa shape index (κ1) is 12.8. The molecule has 0 atom stereocenters. The molecule has 0 aliphatic heterocycles. The van der Waals surface area contributed by atoms with Crippen LogP contribution in [0.1, 0.15) is 51.4 Å². The summed E-state index contributed by atoms with van der Waals surface area (Å²) in [6.45, 7) is 0.486. The van der Waals surface area contributed by atoms with Crippen LogP contribution in [-0.4, -0.2) is 29.7 Å². The Morgan fingerprint density at radius 2 is 1.65 bits per heavy atom. The van der Waals surface area contributed by atoms with Crippen LogP contribution in [0.15, 0.2) is 0 Å². The van der Waals surface area contributed by atoms with Gasteiger partial charge in [-0.1, -0.05) is 25.7 Å². The van der Waals surface area contributed by atoms with Crippen molar-refractivity contribution in [3.8, 4) is 0 Å². The Balaban J connectivity index is 2.04. The molecule has 4 N–H and O–H groups in total. The summed E-state index contributed by atoms with van der Waals surface area (Å²) < 4.78 is 0. The SMILES string of the molecule is NCC1(C(=O)NC2(CO)CCCC2)CCCC1. The molecule has 4 heteroatoms. The normalized spacial score (nSPS) is 26.0. The summed E-state index contributed by atoms with van der Waals surface area (Å²) in [6.07, 6.45) is 7.97. The number of hydrogen-bond acceptors (Lipinski definition) is 3. The Kier molecular flexibility index (Phi) is 3.73. The highest BCUT2D eigenvalue weighted by atomic mass is 16.3. The highest BCUT2D eigenvalue weighted by Crippen LogP contribution is 2.39. The molecule has 4 nitrogen and oxygen atoms in total. The largest absolute Gasteiger partial charge is 0.394 e.